The van der Waals surface area contributed by atoms with Gasteiger partial charge in [0.25, 0.3) is 0 Å². The second kappa shape index (κ2) is 6.14. The van der Waals surface area contributed by atoms with E-state index in [1.54, 1.807) is 13.0 Å². The predicted molar refractivity (Wildman–Crippen MR) is 76.0 cm³/mol. The molecule has 1 aliphatic heterocycles. The molecular weight excluding hydrogens is 302 g/mol. The van der Waals surface area contributed by atoms with E-state index in [0.717, 1.165) is 16.7 Å². The monoisotopic (exact) mass is 313 g/mol. The number of nitrogens with one attached hydrogen (secondary N) is 1. The van der Waals surface area contributed by atoms with Crippen molar-refractivity contribution in [2.75, 3.05) is 11.1 Å². The van der Waals surface area contributed by atoms with Gasteiger partial charge in [0.2, 0.25) is 17.7 Å². The fourth-order valence-corrected chi connectivity index (χ4v) is 2.62. The molecule has 7 nitrogen and oxygen atoms in total. The van der Waals surface area contributed by atoms with Crippen molar-refractivity contribution >= 4 is 51.8 Å². The van der Waals surface area contributed by atoms with Gasteiger partial charge in [0.1, 0.15) is 10.1 Å². The third-order valence-corrected chi connectivity index (χ3v) is 3.83. The van der Waals surface area contributed by atoms with Crippen molar-refractivity contribution in [1.29, 1.82) is 0 Å². The lowest BCUT2D eigenvalue weighted by atomic mass is 10.4. The lowest BCUT2D eigenvalue weighted by Gasteiger charge is -2.13. The van der Waals surface area contributed by atoms with E-state index in [4.69, 9.17) is 16.7 Å². The maximum absolute atomic E-state index is 11.6. The number of hydrogen-bond donors (Lipinski definition) is 1. The van der Waals surface area contributed by atoms with Crippen LogP contribution in [0.1, 0.15) is 18.6 Å². The van der Waals surface area contributed by atoms with Crippen LogP contribution in [-0.4, -0.2) is 37.9 Å². The van der Waals surface area contributed by atoms with Crippen molar-refractivity contribution in [2.24, 2.45) is 0 Å². The van der Waals surface area contributed by atoms with Gasteiger partial charge in [-0.25, -0.2) is 4.90 Å². The number of carbonyl (C=O) groups excluding carboxylic acids is 3. The minimum Gasteiger partial charge on any atom is -0.360 e. The molecule has 1 saturated heterocycles. The van der Waals surface area contributed by atoms with Gasteiger partial charge < -0.3 is 9.84 Å². The lowest BCUT2D eigenvalue weighted by Crippen LogP contribution is -2.33. The first-order chi connectivity index (χ1) is 9.47. The summed E-state index contributed by atoms with van der Waals surface area (Å²) in [6.07, 6.45) is 0.341. The van der Waals surface area contributed by atoms with Crippen LogP contribution >= 0.6 is 24.0 Å². The van der Waals surface area contributed by atoms with Gasteiger partial charge in [-0.3, -0.25) is 14.4 Å². The zero-order valence-corrected chi connectivity index (χ0v) is 12.2. The number of thioether (sulfide) groups is 1. The smallest absolute Gasteiger partial charge is 0.236 e. The zero-order chi connectivity index (χ0) is 14.7. The van der Waals surface area contributed by atoms with Gasteiger partial charge in [0, 0.05) is 18.9 Å². The second-order valence-electron chi connectivity index (χ2n) is 4.05. The summed E-state index contributed by atoms with van der Waals surface area (Å²) in [4.78, 5) is 35.5. The highest BCUT2D eigenvalue weighted by atomic mass is 32.2. The van der Waals surface area contributed by atoms with E-state index in [2.05, 4.69) is 10.5 Å². The molecule has 2 heterocycles. The Kier molecular flexibility index (Phi) is 4.50. The first-order valence-electron chi connectivity index (χ1n) is 5.73. The summed E-state index contributed by atoms with van der Waals surface area (Å²) in [6.45, 7) is 1.71. The Morgan fingerprint density at radius 3 is 2.70 bits per heavy atom. The molecule has 0 unspecified atom stereocenters. The lowest BCUT2D eigenvalue weighted by molar-refractivity contribution is -0.133. The number of amides is 3. The molecule has 106 valence electrons. The molecule has 2 rings (SSSR count). The maximum Gasteiger partial charge on any atom is 0.236 e. The Morgan fingerprint density at radius 2 is 2.15 bits per heavy atom. The topological polar surface area (TPSA) is 92.5 Å². The molecule has 9 heteroatoms. The average molecular weight is 313 g/mol. The first-order valence-corrected chi connectivity index (χ1v) is 7.12. The van der Waals surface area contributed by atoms with E-state index in [9.17, 15) is 14.4 Å². The van der Waals surface area contributed by atoms with Gasteiger partial charge in [-0.15, -0.1) is 0 Å². The molecule has 1 aromatic heterocycles. The van der Waals surface area contributed by atoms with Crippen LogP contribution in [0.5, 0.6) is 0 Å². The minimum absolute atomic E-state index is 0.0121. The van der Waals surface area contributed by atoms with Crippen LogP contribution in [0.4, 0.5) is 5.82 Å². The van der Waals surface area contributed by atoms with Crippen LogP contribution in [0, 0.1) is 6.92 Å². The number of nitrogens with zero attached hydrogens (tertiary/aromatic N) is 2. The number of rotatable bonds is 3. The van der Waals surface area contributed by atoms with E-state index in [0.29, 0.717) is 11.6 Å². The predicted octanol–water partition coefficient (Wildman–Crippen LogP) is 1.09. The number of aryl methyl sites for hydroxylation is 1. The molecule has 20 heavy (non-hydrogen) atoms. The number of likely N-dealkylation sites (tertiary alicyclic amines) is 1. The van der Waals surface area contributed by atoms with Crippen molar-refractivity contribution in [2.45, 2.75) is 19.8 Å². The van der Waals surface area contributed by atoms with Crippen LogP contribution in [-0.2, 0) is 14.4 Å². The molecule has 0 aromatic carbocycles. The molecule has 1 aromatic rings. The normalized spacial score (nSPS) is 14.8. The van der Waals surface area contributed by atoms with E-state index in [1.807, 2.05) is 0 Å². The van der Waals surface area contributed by atoms with Gasteiger partial charge in [-0.05, 0) is 6.92 Å². The van der Waals surface area contributed by atoms with Crippen LogP contribution in [0.15, 0.2) is 10.6 Å². The van der Waals surface area contributed by atoms with Crippen molar-refractivity contribution in [1.82, 2.24) is 10.1 Å². The highest BCUT2D eigenvalue weighted by molar-refractivity contribution is 8.23. The summed E-state index contributed by atoms with van der Waals surface area (Å²) in [5.41, 5.74) is 0. The number of thiocarbonyl (C=S) groups is 1. The quantitative estimate of drug-likeness (QED) is 0.659. The fourth-order valence-electron chi connectivity index (χ4n) is 1.58. The molecule has 0 radical (unpaired) electrons. The Balaban J connectivity index is 1.82. The van der Waals surface area contributed by atoms with Gasteiger partial charge in [-0.2, -0.15) is 0 Å². The molecule has 1 N–H and O–H groups in total. The summed E-state index contributed by atoms with van der Waals surface area (Å²) < 4.78 is 4.91. The van der Waals surface area contributed by atoms with Crippen LogP contribution in [0.25, 0.3) is 0 Å². The van der Waals surface area contributed by atoms with E-state index >= 15 is 0 Å². The number of hydrogen-bond acceptors (Lipinski definition) is 7. The standard InChI is InChI=1S/C11H11N3O4S2/c1-6-4-7(13-18-6)12-8(15)5-20-11(19)14-9(16)2-3-10(14)17/h4H,2-3,5H2,1H3,(H,12,13,15). The highest BCUT2D eigenvalue weighted by Crippen LogP contribution is 2.19. The van der Waals surface area contributed by atoms with E-state index in [-0.39, 0.29) is 40.6 Å². The fraction of sp³-hybridized carbons (Fsp3) is 0.364. The van der Waals surface area contributed by atoms with Crippen molar-refractivity contribution < 1.29 is 18.9 Å². The Bertz CT molecular complexity index is 568. The Hall–Kier alpha value is -1.74. The third kappa shape index (κ3) is 3.42. The van der Waals surface area contributed by atoms with Gasteiger partial charge in [0.15, 0.2) is 5.82 Å². The van der Waals surface area contributed by atoms with Gasteiger partial charge >= 0.3 is 0 Å². The SMILES string of the molecule is Cc1cc(NC(=O)CSC(=S)N2C(=O)CCC2=O)no1. The first kappa shape index (κ1) is 14.7. The van der Waals surface area contributed by atoms with E-state index in [1.165, 1.54) is 0 Å². The molecule has 0 atom stereocenters. The summed E-state index contributed by atoms with van der Waals surface area (Å²) in [5, 5.41) is 6.14. The molecule has 0 spiro atoms. The van der Waals surface area contributed by atoms with Gasteiger partial charge in [0.05, 0.1) is 5.75 Å². The van der Waals surface area contributed by atoms with Crippen LogP contribution in [0.2, 0.25) is 0 Å². The largest absolute Gasteiger partial charge is 0.360 e. The van der Waals surface area contributed by atoms with Gasteiger partial charge in [-0.1, -0.05) is 29.1 Å². The summed E-state index contributed by atoms with van der Waals surface area (Å²) in [6, 6.07) is 1.58. The highest BCUT2D eigenvalue weighted by Gasteiger charge is 2.32. The van der Waals surface area contributed by atoms with Crippen LogP contribution in [0.3, 0.4) is 0 Å². The number of imide groups is 1. The summed E-state index contributed by atoms with van der Waals surface area (Å²) in [5.74, 6) is -0.101. The Labute approximate surface area is 124 Å². The zero-order valence-electron chi connectivity index (χ0n) is 10.5. The van der Waals surface area contributed by atoms with Crippen molar-refractivity contribution in [3.63, 3.8) is 0 Å². The average Bonchev–Trinajstić information content (AvgIpc) is 2.93. The minimum atomic E-state index is -0.343. The third-order valence-electron chi connectivity index (χ3n) is 2.46. The molecule has 0 bridgehead atoms. The molecule has 1 fully saturated rings. The molecular formula is C11H11N3O4S2. The van der Waals surface area contributed by atoms with E-state index < -0.39 is 0 Å². The van der Waals surface area contributed by atoms with Crippen LogP contribution < -0.4 is 5.32 Å². The number of aromatic nitrogens is 1. The van der Waals surface area contributed by atoms with Crippen molar-refractivity contribution in [3.05, 3.63) is 11.8 Å². The molecule has 3 amide bonds. The molecule has 1 aliphatic rings. The van der Waals surface area contributed by atoms with Crippen molar-refractivity contribution in [3.8, 4) is 0 Å². The maximum atomic E-state index is 11.6. The summed E-state index contributed by atoms with van der Waals surface area (Å²) in [7, 11) is 0. The second-order valence-corrected chi connectivity index (χ2v) is 5.66. The number of anilines is 1. The molecule has 0 saturated carbocycles. The summed E-state index contributed by atoms with van der Waals surface area (Å²) >= 11 is 5.95. The number of carbonyl (C=O) groups is 3. The molecule has 0 aliphatic carbocycles. The Morgan fingerprint density at radius 1 is 1.50 bits per heavy atom.